The Morgan fingerprint density at radius 1 is 1.45 bits per heavy atom. The van der Waals surface area contributed by atoms with Crippen LogP contribution in [-0.4, -0.2) is 40.6 Å². The third-order valence-electron chi connectivity index (χ3n) is 3.56. The highest BCUT2D eigenvalue weighted by Gasteiger charge is 2.25. The first-order chi connectivity index (χ1) is 10.7. The number of hydrogen-bond donors (Lipinski definition) is 2. The molecule has 1 amide bonds. The lowest BCUT2D eigenvalue weighted by Crippen LogP contribution is -2.41. The molecule has 2 aromatic rings. The maximum Gasteiger partial charge on any atom is 0.258 e. The first-order valence-electron chi connectivity index (χ1n) is 7.28. The second-order valence-electron chi connectivity index (χ2n) is 4.91. The SMILES string of the molecule is CC[C@@H](CO)N(Cc1cccs1)C(=O)c1cccnc1NC. The van der Waals surface area contributed by atoms with E-state index >= 15 is 0 Å². The number of hydrogen-bond acceptors (Lipinski definition) is 5. The minimum absolute atomic E-state index is 0.0528. The van der Waals surface area contributed by atoms with Crippen molar-refractivity contribution in [1.82, 2.24) is 9.88 Å². The molecule has 0 fully saturated rings. The molecule has 0 aliphatic carbocycles. The average molecular weight is 319 g/mol. The van der Waals surface area contributed by atoms with Gasteiger partial charge in [-0.15, -0.1) is 11.3 Å². The Labute approximate surface area is 134 Å². The molecule has 0 spiro atoms. The van der Waals surface area contributed by atoms with Crippen LogP contribution in [0, 0.1) is 0 Å². The Kier molecular flexibility index (Phi) is 5.91. The van der Waals surface area contributed by atoms with E-state index in [0.29, 0.717) is 24.3 Å². The summed E-state index contributed by atoms with van der Waals surface area (Å²) in [6, 6.07) is 7.26. The summed E-state index contributed by atoms with van der Waals surface area (Å²) in [5.41, 5.74) is 0.522. The number of aliphatic hydroxyl groups is 1. The lowest BCUT2D eigenvalue weighted by molar-refractivity contribution is 0.0567. The molecule has 0 aliphatic rings. The van der Waals surface area contributed by atoms with Gasteiger partial charge in [-0.25, -0.2) is 4.98 Å². The normalized spacial score (nSPS) is 12.0. The number of carbonyl (C=O) groups is 1. The molecule has 6 heteroatoms. The first-order valence-corrected chi connectivity index (χ1v) is 8.16. The van der Waals surface area contributed by atoms with Gasteiger partial charge in [0.05, 0.1) is 24.8 Å². The number of nitrogens with zero attached hydrogens (tertiary/aromatic N) is 2. The fraction of sp³-hybridized carbons (Fsp3) is 0.375. The van der Waals surface area contributed by atoms with Crippen molar-refractivity contribution in [3.05, 3.63) is 46.3 Å². The number of rotatable bonds is 7. The van der Waals surface area contributed by atoms with Gasteiger partial charge >= 0.3 is 0 Å². The molecule has 0 saturated carbocycles. The van der Waals surface area contributed by atoms with Crippen molar-refractivity contribution in [2.24, 2.45) is 0 Å². The van der Waals surface area contributed by atoms with Crippen molar-refractivity contribution in [3.63, 3.8) is 0 Å². The van der Waals surface area contributed by atoms with Crippen LogP contribution in [0.15, 0.2) is 35.8 Å². The zero-order chi connectivity index (χ0) is 15.9. The van der Waals surface area contributed by atoms with Crippen LogP contribution in [0.5, 0.6) is 0 Å². The minimum atomic E-state index is -0.209. The van der Waals surface area contributed by atoms with E-state index in [9.17, 15) is 9.90 Å². The predicted molar refractivity (Wildman–Crippen MR) is 89.1 cm³/mol. The van der Waals surface area contributed by atoms with E-state index in [1.807, 2.05) is 24.4 Å². The second kappa shape index (κ2) is 7.91. The number of nitrogens with one attached hydrogen (secondary N) is 1. The number of carbonyl (C=O) groups excluding carboxylic acids is 1. The van der Waals surface area contributed by atoms with E-state index in [2.05, 4.69) is 10.3 Å². The molecule has 0 aliphatic heterocycles. The van der Waals surface area contributed by atoms with Gasteiger partial charge in [-0.2, -0.15) is 0 Å². The van der Waals surface area contributed by atoms with Gasteiger partial charge in [0, 0.05) is 18.1 Å². The zero-order valence-electron chi connectivity index (χ0n) is 12.8. The smallest absolute Gasteiger partial charge is 0.258 e. The van der Waals surface area contributed by atoms with Crippen LogP contribution in [0.2, 0.25) is 0 Å². The topological polar surface area (TPSA) is 65.5 Å². The molecular formula is C16H21N3O2S. The summed E-state index contributed by atoms with van der Waals surface area (Å²) >= 11 is 1.61. The molecule has 0 saturated heterocycles. The standard InChI is InChI=1S/C16H21N3O2S/c1-3-12(11-20)19(10-13-6-5-9-22-13)16(21)14-7-4-8-18-15(14)17-2/h4-9,12,20H,3,10-11H2,1-2H3,(H,17,18)/t12-/m0/s1. The molecule has 1 atom stereocenters. The molecule has 2 rings (SSSR count). The Morgan fingerprint density at radius 3 is 2.86 bits per heavy atom. The molecule has 0 radical (unpaired) electrons. The number of anilines is 1. The van der Waals surface area contributed by atoms with Gasteiger partial charge in [0.15, 0.2) is 0 Å². The van der Waals surface area contributed by atoms with Gasteiger partial charge in [-0.3, -0.25) is 4.79 Å². The molecular weight excluding hydrogens is 298 g/mol. The van der Waals surface area contributed by atoms with E-state index in [-0.39, 0.29) is 18.6 Å². The monoisotopic (exact) mass is 319 g/mol. The fourth-order valence-corrected chi connectivity index (χ4v) is 3.02. The Morgan fingerprint density at radius 2 is 2.27 bits per heavy atom. The van der Waals surface area contributed by atoms with Crippen molar-refractivity contribution in [3.8, 4) is 0 Å². The van der Waals surface area contributed by atoms with Crippen molar-refractivity contribution < 1.29 is 9.90 Å². The third-order valence-corrected chi connectivity index (χ3v) is 4.43. The van der Waals surface area contributed by atoms with Crippen LogP contribution in [-0.2, 0) is 6.54 Å². The summed E-state index contributed by atoms with van der Waals surface area (Å²) in [5.74, 6) is 0.434. The molecule has 2 N–H and O–H groups in total. The van der Waals surface area contributed by atoms with E-state index in [1.54, 1.807) is 41.6 Å². The molecule has 118 valence electrons. The average Bonchev–Trinajstić information content (AvgIpc) is 3.07. The van der Waals surface area contributed by atoms with Crippen LogP contribution < -0.4 is 5.32 Å². The minimum Gasteiger partial charge on any atom is -0.394 e. The van der Waals surface area contributed by atoms with E-state index in [0.717, 1.165) is 4.88 Å². The van der Waals surface area contributed by atoms with E-state index in [4.69, 9.17) is 0 Å². The maximum absolute atomic E-state index is 12.9. The van der Waals surface area contributed by atoms with Crippen molar-refractivity contribution in [1.29, 1.82) is 0 Å². The summed E-state index contributed by atoms with van der Waals surface area (Å²) < 4.78 is 0. The largest absolute Gasteiger partial charge is 0.394 e. The Balaban J connectivity index is 2.32. The molecule has 2 aromatic heterocycles. The van der Waals surface area contributed by atoms with Gasteiger partial charge in [0.1, 0.15) is 5.82 Å². The summed E-state index contributed by atoms with van der Waals surface area (Å²) in [7, 11) is 1.74. The Bertz CT molecular complexity index is 597. The van der Waals surface area contributed by atoms with Gasteiger partial charge < -0.3 is 15.3 Å². The van der Waals surface area contributed by atoms with Gasteiger partial charge in [-0.1, -0.05) is 13.0 Å². The fourth-order valence-electron chi connectivity index (χ4n) is 2.32. The first kappa shape index (κ1) is 16.5. The zero-order valence-corrected chi connectivity index (χ0v) is 13.6. The quantitative estimate of drug-likeness (QED) is 0.823. The van der Waals surface area contributed by atoms with Crippen molar-refractivity contribution in [2.45, 2.75) is 25.9 Å². The van der Waals surface area contributed by atoms with Crippen LogP contribution in [0.1, 0.15) is 28.6 Å². The summed E-state index contributed by atoms with van der Waals surface area (Å²) in [5, 5.41) is 14.6. The van der Waals surface area contributed by atoms with Crippen LogP contribution in [0.25, 0.3) is 0 Å². The number of amides is 1. The van der Waals surface area contributed by atoms with E-state index < -0.39 is 0 Å². The van der Waals surface area contributed by atoms with Crippen molar-refractivity contribution >= 4 is 23.1 Å². The van der Waals surface area contributed by atoms with Crippen LogP contribution >= 0.6 is 11.3 Å². The number of pyridine rings is 1. The number of aliphatic hydroxyl groups excluding tert-OH is 1. The molecule has 5 nitrogen and oxygen atoms in total. The molecule has 22 heavy (non-hydrogen) atoms. The molecule has 0 aromatic carbocycles. The summed E-state index contributed by atoms with van der Waals surface area (Å²) in [6.45, 7) is 2.41. The summed E-state index contributed by atoms with van der Waals surface area (Å²) in [4.78, 5) is 20.0. The van der Waals surface area contributed by atoms with Crippen LogP contribution in [0.4, 0.5) is 5.82 Å². The highest BCUT2D eigenvalue weighted by atomic mass is 32.1. The second-order valence-corrected chi connectivity index (χ2v) is 5.94. The van der Waals surface area contributed by atoms with Gasteiger partial charge in [-0.05, 0) is 30.0 Å². The maximum atomic E-state index is 12.9. The number of thiophene rings is 1. The van der Waals surface area contributed by atoms with E-state index in [1.165, 1.54) is 0 Å². The molecule has 0 bridgehead atoms. The van der Waals surface area contributed by atoms with Crippen LogP contribution in [0.3, 0.4) is 0 Å². The van der Waals surface area contributed by atoms with Gasteiger partial charge in [0.25, 0.3) is 5.91 Å². The number of aromatic nitrogens is 1. The summed E-state index contributed by atoms with van der Waals surface area (Å²) in [6.07, 6.45) is 2.35. The molecule has 0 unspecified atom stereocenters. The lowest BCUT2D eigenvalue weighted by atomic mass is 10.1. The van der Waals surface area contributed by atoms with Gasteiger partial charge in [0.2, 0.25) is 0 Å². The third kappa shape index (κ3) is 3.64. The Hall–Kier alpha value is -1.92. The van der Waals surface area contributed by atoms with Crippen molar-refractivity contribution in [2.75, 3.05) is 19.0 Å². The highest BCUT2D eigenvalue weighted by molar-refractivity contribution is 7.09. The lowest BCUT2D eigenvalue weighted by Gasteiger charge is -2.30. The molecule has 2 heterocycles. The highest BCUT2D eigenvalue weighted by Crippen LogP contribution is 2.21. The predicted octanol–water partition coefficient (Wildman–Crippen LogP) is 2.60.